The first-order valence-electron chi connectivity index (χ1n) is 11.7. The average molecular weight is 463 g/mol. The van der Waals surface area contributed by atoms with Gasteiger partial charge in [-0.3, -0.25) is 9.89 Å². The molecule has 0 atom stereocenters. The van der Waals surface area contributed by atoms with Gasteiger partial charge in [0.25, 0.3) is 5.56 Å². The van der Waals surface area contributed by atoms with Crippen molar-refractivity contribution in [2.45, 2.75) is 56.9 Å². The molecule has 0 saturated heterocycles. The van der Waals surface area contributed by atoms with Gasteiger partial charge < -0.3 is 5.11 Å². The molecule has 0 spiro atoms. The number of hydrogen-bond donors (Lipinski definition) is 2. The summed E-state index contributed by atoms with van der Waals surface area (Å²) in [4.78, 5) is 29.4. The molecule has 8 heteroatoms. The first-order chi connectivity index (χ1) is 16.4. The molecule has 1 fully saturated rings. The third kappa shape index (κ3) is 3.81. The molecule has 176 valence electrons. The number of halogens is 1. The van der Waals surface area contributed by atoms with Crippen LogP contribution >= 0.6 is 0 Å². The van der Waals surface area contributed by atoms with Crippen molar-refractivity contribution >= 4 is 17.3 Å². The highest BCUT2D eigenvalue weighted by molar-refractivity contribution is 5.92. The lowest BCUT2D eigenvalue weighted by Crippen LogP contribution is -2.36. The third-order valence-electron chi connectivity index (χ3n) is 7.32. The number of aliphatic hydroxyl groups excluding tert-OH is 1. The molecule has 0 bridgehead atoms. The smallest absolute Gasteiger partial charge is 0.275 e. The van der Waals surface area contributed by atoms with Gasteiger partial charge in [0.05, 0.1) is 12.3 Å². The van der Waals surface area contributed by atoms with E-state index in [4.69, 9.17) is 4.98 Å². The lowest BCUT2D eigenvalue weighted by molar-refractivity contribution is 0.149. The van der Waals surface area contributed by atoms with E-state index >= 15 is 0 Å². The number of H-pyrrole nitrogens is 1. The number of allylic oxidation sites excluding steroid dienone is 3. The van der Waals surface area contributed by atoms with Crippen LogP contribution < -0.4 is 5.56 Å². The van der Waals surface area contributed by atoms with Crippen LogP contribution in [0.2, 0.25) is 0 Å². The van der Waals surface area contributed by atoms with Gasteiger partial charge in [-0.1, -0.05) is 23.4 Å². The first-order valence-corrected chi connectivity index (χ1v) is 11.7. The Morgan fingerprint density at radius 2 is 2.12 bits per heavy atom. The molecule has 7 nitrogen and oxygen atoms in total. The number of nitrogens with one attached hydrogen (secondary N) is 1. The number of hydrogen-bond acceptors (Lipinski definition) is 5. The molecule has 0 unspecified atom stereocenters. The van der Waals surface area contributed by atoms with Crippen molar-refractivity contribution in [3.63, 3.8) is 0 Å². The molecular weight excluding hydrogens is 435 g/mol. The molecule has 34 heavy (non-hydrogen) atoms. The summed E-state index contributed by atoms with van der Waals surface area (Å²) in [5, 5.41) is 15.8. The van der Waals surface area contributed by atoms with Gasteiger partial charge in [-0.25, -0.2) is 13.9 Å². The molecule has 0 radical (unpaired) electrons. The molecule has 0 aliphatic heterocycles. The maximum atomic E-state index is 14.0. The van der Waals surface area contributed by atoms with E-state index in [2.05, 4.69) is 16.4 Å². The van der Waals surface area contributed by atoms with Gasteiger partial charge in [0, 0.05) is 23.2 Å². The Morgan fingerprint density at radius 3 is 2.85 bits per heavy atom. The molecule has 2 aliphatic rings. The minimum Gasteiger partial charge on any atom is -0.394 e. The van der Waals surface area contributed by atoms with Crippen molar-refractivity contribution in [2.75, 3.05) is 6.61 Å². The van der Waals surface area contributed by atoms with E-state index in [-0.39, 0.29) is 23.9 Å². The molecule has 2 aliphatic carbocycles. The van der Waals surface area contributed by atoms with Crippen LogP contribution in [0.3, 0.4) is 0 Å². The highest BCUT2D eigenvalue weighted by Gasteiger charge is 2.38. The van der Waals surface area contributed by atoms with E-state index in [9.17, 15) is 19.2 Å². The Morgan fingerprint density at radius 1 is 1.32 bits per heavy atom. The predicted octanol–water partition coefficient (Wildman–Crippen LogP) is 4.67. The van der Waals surface area contributed by atoms with E-state index in [1.807, 2.05) is 18.2 Å². The summed E-state index contributed by atoms with van der Waals surface area (Å²) < 4.78 is 15.4. The Balaban J connectivity index is 1.60. The number of rotatable bonds is 4. The van der Waals surface area contributed by atoms with Crippen LogP contribution in [0.15, 0.2) is 46.5 Å². The fourth-order valence-electron chi connectivity index (χ4n) is 5.19. The summed E-state index contributed by atoms with van der Waals surface area (Å²) in [7, 11) is 0. The van der Waals surface area contributed by atoms with Gasteiger partial charge in [0.1, 0.15) is 11.4 Å². The summed E-state index contributed by atoms with van der Waals surface area (Å²) >= 11 is 0. The molecule has 0 amide bonds. The maximum Gasteiger partial charge on any atom is 0.275 e. The molecule has 1 saturated carbocycles. The normalized spacial score (nSPS) is 24.2. The van der Waals surface area contributed by atoms with Crippen molar-refractivity contribution in [1.29, 1.82) is 0 Å². The van der Waals surface area contributed by atoms with Crippen LogP contribution in [0.5, 0.6) is 0 Å². The van der Waals surface area contributed by atoms with E-state index in [1.165, 1.54) is 16.6 Å². The van der Waals surface area contributed by atoms with Crippen LogP contribution in [0, 0.1) is 17.6 Å². The molecule has 3 aromatic rings. The zero-order valence-corrected chi connectivity index (χ0v) is 19.1. The van der Waals surface area contributed by atoms with Crippen molar-refractivity contribution in [2.24, 2.45) is 5.18 Å². The zero-order chi connectivity index (χ0) is 23.9. The van der Waals surface area contributed by atoms with Gasteiger partial charge in [-0.2, -0.15) is 4.91 Å². The van der Waals surface area contributed by atoms with E-state index < -0.39 is 5.54 Å². The number of benzene rings is 1. The molecule has 1 aromatic carbocycles. The highest BCUT2D eigenvalue weighted by Crippen LogP contribution is 2.40. The SMILES string of the molecule is Cc1c(C2CCC(CO)(N=O)CC2)nc2c(/C3=C/c4cc(F)ccc4CCC=C3)c[nH]n2c1=O. The number of aryl methyl sites for hydroxylation is 1. The van der Waals surface area contributed by atoms with Gasteiger partial charge >= 0.3 is 0 Å². The van der Waals surface area contributed by atoms with Crippen LogP contribution in [0.25, 0.3) is 17.3 Å². The molecule has 5 rings (SSSR count). The van der Waals surface area contributed by atoms with E-state index in [0.29, 0.717) is 36.9 Å². The Bertz CT molecular complexity index is 1380. The number of aromatic nitrogens is 3. The molecule has 2 aromatic heterocycles. The maximum absolute atomic E-state index is 14.0. The third-order valence-corrected chi connectivity index (χ3v) is 7.32. The second-order valence-corrected chi connectivity index (χ2v) is 9.41. The van der Waals surface area contributed by atoms with Crippen molar-refractivity contribution < 1.29 is 9.50 Å². The fourth-order valence-corrected chi connectivity index (χ4v) is 5.19. The van der Waals surface area contributed by atoms with Gasteiger partial charge in [0.2, 0.25) is 0 Å². The monoisotopic (exact) mass is 462 g/mol. The number of aliphatic hydroxyl groups is 1. The summed E-state index contributed by atoms with van der Waals surface area (Å²) in [6.45, 7) is 1.51. The lowest BCUT2D eigenvalue weighted by Gasteiger charge is -2.33. The second kappa shape index (κ2) is 8.76. The van der Waals surface area contributed by atoms with Crippen LogP contribution in [-0.2, 0) is 6.42 Å². The zero-order valence-electron chi connectivity index (χ0n) is 19.1. The second-order valence-electron chi connectivity index (χ2n) is 9.41. The Labute approximate surface area is 196 Å². The van der Waals surface area contributed by atoms with Gasteiger partial charge in [-0.15, -0.1) is 0 Å². The Kier molecular flexibility index (Phi) is 5.77. The number of nitroso groups, excluding NO2 is 1. The molecule has 2 N–H and O–H groups in total. The van der Waals surface area contributed by atoms with E-state index in [0.717, 1.165) is 40.8 Å². The summed E-state index contributed by atoms with van der Waals surface area (Å²) in [6.07, 6.45) is 11.6. The number of fused-ring (bicyclic) bond motifs is 2. The van der Waals surface area contributed by atoms with Crippen LogP contribution in [-0.4, -0.2) is 31.9 Å². The molecule has 2 heterocycles. The minimum atomic E-state index is -0.931. The van der Waals surface area contributed by atoms with Crippen LogP contribution in [0.1, 0.15) is 66.0 Å². The molecular formula is C26H27FN4O3. The highest BCUT2D eigenvalue weighted by atomic mass is 19.1. The standard InChI is InChI=1S/C26H27FN4O3/c1-16-23(18-8-10-26(15-32,30-34)11-9-18)29-24-22(14-28-31(24)25(16)33)19-5-3-2-4-17-6-7-21(27)13-20(17)12-19/h3,5-7,12-14,18,28,32H,2,4,8-11,15H2,1H3/b5-3?,19-12+. The number of nitrogens with zero attached hydrogens (tertiary/aromatic N) is 3. The summed E-state index contributed by atoms with van der Waals surface area (Å²) in [5.41, 5.74) is 4.23. The fraction of sp³-hybridized carbons (Fsp3) is 0.385. The van der Waals surface area contributed by atoms with Crippen LogP contribution in [0.4, 0.5) is 4.39 Å². The van der Waals surface area contributed by atoms with E-state index in [1.54, 1.807) is 13.1 Å². The predicted molar refractivity (Wildman–Crippen MR) is 129 cm³/mol. The van der Waals surface area contributed by atoms with Crippen molar-refractivity contribution in [3.8, 4) is 0 Å². The summed E-state index contributed by atoms with van der Waals surface area (Å²) in [6, 6.07) is 4.84. The summed E-state index contributed by atoms with van der Waals surface area (Å²) in [5.74, 6) is -0.273. The van der Waals surface area contributed by atoms with Crippen molar-refractivity contribution in [3.05, 3.63) is 85.6 Å². The average Bonchev–Trinajstić information content (AvgIpc) is 3.26. The first kappa shape index (κ1) is 22.4. The number of aromatic amines is 1. The van der Waals surface area contributed by atoms with Gasteiger partial charge in [0.15, 0.2) is 5.65 Å². The lowest BCUT2D eigenvalue weighted by atomic mass is 9.75. The Hall–Kier alpha value is -3.39. The van der Waals surface area contributed by atoms with Crippen molar-refractivity contribution in [1.82, 2.24) is 14.6 Å². The van der Waals surface area contributed by atoms with Gasteiger partial charge in [-0.05, 0) is 80.4 Å². The minimum absolute atomic E-state index is 0.0125. The topological polar surface area (TPSA) is 99.8 Å². The quantitative estimate of drug-likeness (QED) is 0.551. The largest absolute Gasteiger partial charge is 0.394 e.